The highest BCUT2D eigenvalue weighted by Crippen LogP contribution is 2.55. The van der Waals surface area contributed by atoms with Crippen LogP contribution in [-0.2, 0) is 21.5 Å². The average molecular weight is 420 g/mol. The standard InChI is InChI=1S/C24H15ClFNO3/c25-16-7-4-8-18(13-16)27-23(30)22(29)21(14-5-2-1-3-6-14)24(27)19-10-9-17(26)11-15(19)12-20(24)28/h1-11,13,29H,12H2. The summed E-state index contributed by atoms with van der Waals surface area (Å²) in [4.78, 5) is 28.2. The number of ketones is 1. The van der Waals surface area contributed by atoms with Crippen LogP contribution in [0.3, 0.4) is 0 Å². The number of fused-ring (bicyclic) bond motifs is 2. The summed E-state index contributed by atoms with van der Waals surface area (Å²) in [6.07, 6.45) is -0.0545. The molecule has 1 aliphatic carbocycles. The molecule has 2 aliphatic rings. The van der Waals surface area contributed by atoms with Gasteiger partial charge in [0, 0.05) is 22.7 Å². The van der Waals surface area contributed by atoms with E-state index in [1.54, 1.807) is 54.6 Å². The number of aliphatic hydroxyl groups excluding tert-OH is 1. The molecule has 148 valence electrons. The molecule has 1 N–H and O–H groups in total. The molecule has 3 aromatic carbocycles. The maximum absolute atomic E-state index is 13.9. The summed E-state index contributed by atoms with van der Waals surface area (Å²) >= 11 is 6.16. The smallest absolute Gasteiger partial charge is 0.294 e. The Morgan fingerprint density at radius 1 is 0.967 bits per heavy atom. The minimum atomic E-state index is -1.60. The largest absolute Gasteiger partial charge is 0.503 e. The Morgan fingerprint density at radius 2 is 1.73 bits per heavy atom. The van der Waals surface area contributed by atoms with E-state index in [-0.39, 0.29) is 17.8 Å². The lowest BCUT2D eigenvalue weighted by Gasteiger charge is -2.37. The summed E-state index contributed by atoms with van der Waals surface area (Å²) in [6.45, 7) is 0. The summed E-state index contributed by atoms with van der Waals surface area (Å²) in [5, 5.41) is 11.3. The molecule has 0 radical (unpaired) electrons. The van der Waals surface area contributed by atoms with E-state index >= 15 is 0 Å². The molecule has 0 bridgehead atoms. The van der Waals surface area contributed by atoms with Crippen LogP contribution in [0.5, 0.6) is 0 Å². The Hall–Kier alpha value is -3.44. The molecule has 0 fully saturated rings. The van der Waals surface area contributed by atoms with E-state index in [1.165, 1.54) is 23.1 Å². The van der Waals surface area contributed by atoms with Gasteiger partial charge in [-0.15, -0.1) is 0 Å². The van der Waals surface area contributed by atoms with Crippen molar-refractivity contribution in [3.05, 3.63) is 106 Å². The topological polar surface area (TPSA) is 57.6 Å². The van der Waals surface area contributed by atoms with Crippen LogP contribution < -0.4 is 4.90 Å². The van der Waals surface area contributed by atoms with Gasteiger partial charge in [0.15, 0.2) is 17.1 Å². The van der Waals surface area contributed by atoms with Gasteiger partial charge >= 0.3 is 0 Å². The fraction of sp³-hybridized carbons (Fsp3) is 0.0833. The van der Waals surface area contributed by atoms with Crippen molar-refractivity contribution in [2.75, 3.05) is 4.90 Å². The first-order valence-electron chi connectivity index (χ1n) is 9.36. The monoisotopic (exact) mass is 419 g/mol. The van der Waals surface area contributed by atoms with Gasteiger partial charge in [-0.25, -0.2) is 4.39 Å². The molecule has 0 saturated carbocycles. The Labute approximate surface area is 176 Å². The minimum Gasteiger partial charge on any atom is -0.503 e. The third kappa shape index (κ3) is 2.39. The van der Waals surface area contributed by atoms with Crippen LogP contribution >= 0.6 is 11.6 Å². The molecule has 1 heterocycles. The molecule has 5 rings (SSSR count). The van der Waals surface area contributed by atoms with Crippen molar-refractivity contribution in [2.45, 2.75) is 12.0 Å². The number of aliphatic hydroxyl groups is 1. The lowest BCUT2D eigenvalue weighted by molar-refractivity contribution is -0.124. The first-order chi connectivity index (χ1) is 14.4. The van der Waals surface area contributed by atoms with Gasteiger partial charge in [0.25, 0.3) is 5.91 Å². The van der Waals surface area contributed by atoms with Gasteiger partial charge in [0.05, 0.1) is 0 Å². The van der Waals surface area contributed by atoms with E-state index in [1.807, 2.05) is 0 Å². The second-order valence-corrected chi connectivity index (χ2v) is 7.76. The Bertz CT molecular complexity index is 1250. The number of carbonyl (C=O) groups is 2. The number of hydrogen-bond acceptors (Lipinski definition) is 3. The Morgan fingerprint density at radius 3 is 2.47 bits per heavy atom. The van der Waals surface area contributed by atoms with Gasteiger partial charge in [0.2, 0.25) is 0 Å². The summed E-state index contributed by atoms with van der Waals surface area (Å²) in [5.74, 6) is -2.00. The molecular formula is C24H15ClFNO3. The number of halogens is 2. The van der Waals surface area contributed by atoms with E-state index in [9.17, 15) is 19.1 Å². The molecular weight excluding hydrogens is 405 g/mol. The predicted octanol–water partition coefficient (Wildman–Crippen LogP) is 4.82. The van der Waals surface area contributed by atoms with E-state index in [2.05, 4.69) is 0 Å². The van der Waals surface area contributed by atoms with Crippen molar-refractivity contribution in [1.82, 2.24) is 0 Å². The fourth-order valence-corrected chi connectivity index (χ4v) is 4.74. The third-order valence-corrected chi connectivity index (χ3v) is 5.92. The number of Topliss-reactive ketones (excluding diaryl/α,β-unsaturated/α-hetero) is 1. The number of benzene rings is 3. The molecule has 6 heteroatoms. The van der Waals surface area contributed by atoms with E-state index in [0.29, 0.717) is 27.4 Å². The van der Waals surface area contributed by atoms with Crippen LogP contribution in [0.25, 0.3) is 5.57 Å². The zero-order valence-electron chi connectivity index (χ0n) is 15.6. The number of nitrogens with zero attached hydrogens (tertiary/aromatic N) is 1. The lowest BCUT2D eigenvalue weighted by atomic mass is 9.79. The highest BCUT2D eigenvalue weighted by molar-refractivity contribution is 6.31. The number of carbonyl (C=O) groups excluding carboxylic acids is 2. The van der Waals surface area contributed by atoms with Crippen LogP contribution in [0.15, 0.2) is 78.6 Å². The highest BCUT2D eigenvalue weighted by atomic mass is 35.5. The van der Waals surface area contributed by atoms with E-state index in [4.69, 9.17) is 11.6 Å². The predicted molar refractivity (Wildman–Crippen MR) is 112 cm³/mol. The molecule has 3 aromatic rings. The van der Waals surface area contributed by atoms with Crippen molar-refractivity contribution in [2.24, 2.45) is 0 Å². The van der Waals surface area contributed by atoms with Crippen LogP contribution in [0.1, 0.15) is 16.7 Å². The Kier molecular flexibility index (Phi) is 4.05. The van der Waals surface area contributed by atoms with Crippen LogP contribution in [-0.4, -0.2) is 16.8 Å². The molecule has 0 saturated heterocycles. The minimum absolute atomic E-state index is 0.0545. The SMILES string of the molecule is O=C1C(O)=C(c2ccccc2)C2(C(=O)Cc3cc(F)ccc32)N1c1cccc(Cl)c1. The van der Waals surface area contributed by atoms with Crippen molar-refractivity contribution in [3.8, 4) is 0 Å². The number of hydrogen-bond donors (Lipinski definition) is 1. The summed E-state index contributed by atoms with van der Waals surface area (Å²) in [6, 6.07) is 19.4. The van der Waals surface area contributed by atoms with Crippen molar-refractivity contribution in [1.29, 1.82) is 0 Å². The quantitative estimate of drug-likeness (QED) is 0.648. The zero-order valence-corrected chi connectivity index (χ0v) is 16.4. The van der Waals surface area contributed by atoms with Crippen molar-refractivity contribution < 1.29 is 19.1 Å². The highest BCUT2D eigenvalue weighted by Gasteiger charge is 2.62. The first-order valence-corrected chi connectivity index (χ1v) is 9.74. The summed E-state index contributed by atoms with van der Waals surface area (Å²) < 4.78 is 13.9. The summed E-state index contributed by atoms with van der Waals surface area (Å²) in [5.41, 5.74) is 0.474. The van der Waals surface area contributed by atoms with Crippen molar-refractivity contribution >= 4 is 34.6 Å². The van der Waals surface area contributed by atoms with E-state index < -0.39 is 23.0 Å². The van der Waals surface area contributed by atoms with Gasteiger partial charge in [-0.05, 0) is 47.0 Å². The fourth-order valence-electron chi connectivity index (χ4n) is 4.56. The molecule has 1 amide bonds. The normalized spacial score (nSPS) is 20.4. The maximum Gasteiger partial charge on any atom is 0.294 e. The second-order valence-electron chi connectivity index (χ2n) is 7.32. The van der Waals surface area contributed by atoms with Crippen molar-refractivity contribution in [3.63, 3.8) is 0 Å². The van der Waals surface area contributed by atoms with Gasteiger partial charge in [-0.3, -0.25) is 14.5 Å². The number of rotatable bonds is 2. The van der Waals surface area contributed by atoms with Crippen LogP contribution in [0.4, 0.5) is 10.1 Å². The average Bonchev–Trinajstić information content (AvgIpc) is 3.13. The first kappa shape index (κ1) is 18.6. The van der Waals surface area contributed by atoms with Crippen LogP contribution in [0, 0.1) is 5.82 Å². The molecule has 0 aromatic heterocycles. The Balaban J connectivity index is 1.87. The molecule has 1 spiro atoms. The molecule has 4 nitrogen and oxygen atoms in total. The van der Waals surface area contributed by atoms with Gasteiger partial charge in [-0.1, -0.05) is 54.1 Å². The van der Waals surface area contributed by atoms with Gasteiger partial charge < -0.3 is 5.11 Å². The number of anilines is 1. The molecule has 30 heavy (non-hydrogen) atoms. The van der Waals surface area contributed by atoms with E-state index in [0.717, 1.165) is 0 Å². The second kappa shape index (κ2) is 6.54. The maximum atomic E-state index is 13.9. The lowest BCUT2D eigenvalue weighted by Crippen LogP contribution is -2.49. The van der Waals surface area contributed by atoms with Gasteiger partial charge in [-0.2, -0.15) is 0 Å². The molecule has 1 aliphatic heterocycles. The molecule has 1 atom stereocenters. The summed E-state index contributed by atoms with van der Waals surface area (Å²) in [7, 11) is 0. The zero-order chi connectivity index (χ0) is 21.0. The number of amides is 1. The molecule has 1 unspecified atom stereocenters. The van der Waals surface area contributed by atoms with Gasteiger partial charge in [0.1, 0.15) is 5.82 Å². The third-order valence-electron chi connectivity index (χ3n) is 5.68. The van der Waals surface area contributed by atoms with Crippen LogP contribution in [0.2, 0.25) is 5.02 Å².